The molecule has 0 spiro atoms. The van der Waals surface area contributed by atoms with E-state index in [0.717, 1.165) is 31.2 Å². The van der Waals surface area contributed by atoms with E-state index in [-0.39, 0.29) is 12.5 Å². The number of thiophene rings is 1. The molecule has 1 aliphatic rings. The van der Waals surface area contributed by atoms with Gasteiger partial charge in [0.15, 0.2) is 0 Å². The Balaban J connectivity index is 1.98. The third kappa shape index (κ3) is 4.03. The molecule has 0 aromatic carbocycles. The number of aliphatic hydroxyl groups is 1. The van der Waals surface area contributed by atoms with E-state index in [9.17, 15) is 10.1 Å². The van der Waals surface area contributed by atoms with Crippen LogP contribution < -0.4 is 5.32 Å². The van der Waals surface area contributed by atoms with Crippen molar-refractivity contribution in [2.24, 2.45) is 0 Å². The van der Waals surface area contributed by atoms with Gasteiger partial charge in [0.05, 0.1) is 12.2 Å². The Labute approximate surface area is 129 Å². The predicted molar refractivity (Wildman–Crippen MR) is 83.5 cm³/mol. The molecule has 1 aliphatic carbocycles. The topological polar surface area (TPSA) is 76.4 Å². The Hall–Kier alpha value is -1.42. The molecule has 5 nitrogen and oxygen atoms in total. The highest BCUT2D eigenvalue weighted by Crippen LogP contribution is 2.37. The summed E-state index contributed by atoms with van der Waals surface area (Å²) in [6.45, 7) is 1.25. The maximum atomic E-state index is 12.0. The Bertz CT molecular complexity index is 548. The van der Waals surface area contributed by atoms with Crippen molar-refractivity contribution in [3.63, 3.8) is 0 Å². The molecule has 1 aromatic rings. The van der Waals surface area contributed by atoms with Crippen LogP contribution >= 0.6 is 11.3 Å². The van der Waals surface area contributed by atoms with Crippen LogP contribution in [0, 0.1) is 11.3 Å². The van der Waals surface area contributed by atoms with Crippen molar-refractivity contribution in [3.8, 4) is 6.07 Å². The second kappa shape index (κ2) is 7.55. The lowest BCUT2D eigenvalue weighted by atomic mass is 9.96. The van der Waals surface area contributed by atoms with E-state index in [2.05, 4.69) is 11.4 Å². The highest BCUT2D eigenvalue weighted by molar-refractivity contribution is 7.16. The number of aryl methyl sites for hydroxylation is 1. The summed E-state index contributed by atoms with van der Waals surface area (Å²) in [5.74, 6) is -0.0742. The number of carbonyl (C=O) groups is 1. The lowest BCUT2D eigenvalue weighted by Gasteiger charge is -2.14. The number of nitrogens with one attached hydrogen (secondary N) is 1. The number of hydrogen-bond donors (Lipinski definition) is 2. The molecule has 1 heterocycles. The molecule has 1 aromatic heterocycles. The number of carbonyl (C=O) groups excluding carboxylic acids is 1. The minimum atomic E-state index is -0.0742. The van der Waals surface area contributed by atoms with Crippen LogP contribution in [-0.4, -0.2) is 42.7 Å². The van der Waals surface area contributed by atoms with Gasteiger partial charge in [-0.1, -0.05) is 0 Å². The Morgan fingerprint density at radius 1 is 1.43 bits per heavy atom. The van der Waals surface area contributed by atoms with Gasteiger partial charge < -0.3 is 15.3 Å². The van der Waals surface area contributed by atoms with E-state index in [1.807, 2.05) is 11.9 Å². The van der Waals surface area contributed by atoms with Crippen LogP contribution in [0.3, 0.4) is 0 Å². The summed E-state index contributed by atoms with van der Waals surface area (Å²) in [5, 5.41) is 21.7. The fourth-order valence-electron chi connectivity index (χ4n) is 2.54. The molecule has 114 valence electrons. The Kier molecular flexibility index (Phi) is 5.74. The van der Waals surface area contributed by atoms with Crippen molar-refractivity contribution in [2.45, 2.75) is 32.1 Å². The lowest BCUT2D eigenvalue weighted by molar-refractivity contribution is -0.116. The second-order valence-electron chi connectivity index (χ2n) is 5.35. The predicted octanol–water partition coefficient (Wildman–Crippen LogP) is 1.75. The van der Waals surface area contributed by atoms with Gasteiger partial charge >= 0.3 is 0 Å². The maximum Gasteiger partial charge on any atom is 0.226 e. The van der Waals surface area contributed by atoms with E-state index in [0.29, 0.717) is 30.1 Å². The molecule has 1 amide bonds. The Morgan fingerprint density at radius 2 is 2.19 bits per heavy atom. The van der Waals surface area contributed by atoms with E-state index in [4.69, 9.17) is 5.11 Å². The molecule has 6 heteroatoms. The van der Waals surface area contributed by atoms with Crippen LogP contribution in [0.15, 0.2) is 0 Å². The standard InChI is InChI=1S/C15H21N3O2S/c1-18(8-9-19)7-6-14(20)17-15-12(10-16)11-4-2-3-5-13(11)21-15/h19H,2-9H2,1H3,(H,17,20). The molecule has 2 rings (SSSR count). The zero-order chi connectivity index (χ0) is 15.2. The average molecular weight is 307 g/mol. The van der Waals surface area contributed by atoms with Crippen LogP contribution in [0.2, 0.25) is 0 Å². The highest BCUT2D eigenvalue weighted by atomic mass is 32.1. The number of rotatable bonds is 6. The van der Waals surface area contributed by atoms with Crippen molar-refractivity contribution in [1.29, 1.82) is 5.26 Å². The molecule has 0 radical (unpaired) electrons. The zero-order valence-electron chi connectivity index (χ0n) is 12.3. The maximum absolute atomic E-state index is 12.0. The van der Waals surface area contributed by atoms with E-state index in [1.165, 1.54) is 4.88 Å². The molecule has 0 saturated heterocycles. The summed E-state index contributed by atoms with van der Waals surface area (Å²) in [6, 6.07) is 2.25. The first-order chi connectivity index (χ1) is 10.2. The first-order valence-electron chi connectivity index (χ1n) is 7.29. The molecule has 0 bridgehead atoms. The van der Waals surface area contributed by atoms with Crippen LogP contribution in [0.5, 0.6) is 0 Å². The van der Waals surface area contributed by atoms with Crippen molar-refractivity contribution >= 4 is 22.2 Å². The van der Waals surface area contributed by atoms with Crippen LogP contribution in [0.1, 0.15) is 35.3 Å². The average Bonchev–Trinajstić information content (AvgIpc) is 2.82. The summed E-state index contributed by atoms with van der Waals surface area (Å²) in [6.07, 6.45) is 4.62. The minimum Gasteiger partial charge on any atom is -0.395 e. The highest BCUT2D eigenvalue weighted by Gasteiger charge is 2.21. The molecular weight excluding hydrogens is 286 g/mol. The molecule has 0 fully saturated rings. The van der Waals surface area contributed by atoms with E-state index < -0.39 is 0 Å². The van der Waals surface area contributed by atoms with Crippen LogP contribution in [0.4, 0.5) is 5.00 Å². The number of aliphatic hydroxyl groups excluding tert-OH is 1. The summed E-state index contributed by atoms with van der Waals surface area (Å²) >= 11 is 1.55. The first kappa shape index (κ1) is 16.0. The molecule has 0 atom stereocenters. The van der Waals surface area contributed by atoms with Gasteiger partial charge in [-0.15, -0.1) is 11.3 Å². The number of nitriles is 1. The zero-order valence-corrected chi connectivity index (χ0v) is 13.1. The summed E-state index contributed by atoms with van der Waals surface area (Å²) in [4.78, 5) is 15.2. The number of hydrogen-bond acceptors (Lipinski definition) is 5. The largest absolute Gasteiger partial charge is 0.395 e. The van der Waals surface area contributed by atoms with Crippen molar-refractivity contribution < 1.29 is 9.90 Å². The summed E-state index contributed by atoms with van der Waals surface area (Å²) in [7, 11) is 1.87. The van der Waals surface area contributed by atoms with E-state index in [1.54, 1.807) is 11.3 Å². The van der Waals surface area contributed by atoms with Crippen LogP contribution in [0.25, 0.3) is 0 Å². The fraction of sp³-hybridized carbons (Fsp3) is 0.600. The molecule has 0 aliphatic heterocycles. The third-order valence-corrected chi connectivity index (χ3v) is 4.95. The number of anilines is 1. The molecule has 21 heavy (non-hydrogen) atoms. The minimum absolute atomic E-state index is 0.0742. The number of likely N-dealkylation sites (N-methyl/N-ethyl adjacent to an activating group) is 1. The van der Waals surface area contributed by atoms with Gasteiger partial charge in [-0.05, 0) is 38.3 Å². The molecule has 2 N–H and O–H groups in total. The Morgan fingerprint density at radius 3 is 2.90 bits per heavy atom. The van der Waals surface area contributed by atoms with Gasteiger partial charge in [0.1, 0.15) is 11.1 Å². The smallest absolute Gasteiger partial charge is 0.226 e. The SMILES string of the molecule is CN(CCO)CCC(=O)Nc1sc2c(c1C#N)CCCC2. The van der Waals surface area contributed by atoms with Crippen molar-refractivity contribution in [2.75, 3.05) is 32.1 Å². The lowest BCUT2D eigenvalue weighted by Crippen LogP contribution is -2.26. The normalized spacial score (nSPS) is 13.8. The van der Waals surface area contributed by atoms with Crippen molar-refractivity contribution in [1.82, 2.24) is 4.90 Å². The molecular formula is C15H21N3O2S. The van der Waals surface area contributed by atoms with Crippen molar-refractivity contribution in [3.05, 3.63) is 16.0 Å². The van der Waals surface area contributed by atoms with Gasteiger partial charge in [-0.3, -0.25) is 4.79 Å². The van der Waals surface area contributed by atoms with Crippen LogP contribution in [-0.2, 0) is 17.6 Å². The number of nitrogens with zero attached hydrogens (tertiary/aromatic N) is 2. The summed E-state index contributed by atoms with van der Waals surface area (Å²) in [5.41, 5.74) is 1.80. The molecule has 0 saturated carbocycles. The third-order valence-electron chi connectivity index (χ3n) is 3.74. The quantitative estimate of drug-likeness (QED) is 0.839. The van der Waals surface area contributed by atoms with E-state index >= 15 is 0 Å². The first-order valence-corrected chi connectivity index (χ1v) is 8.11. The van der Waals surface area contributed by atoms with Gasteiger partial charge in [-0.2, -0.15) is 5.26 Å². The van der Waals surface area contributed by atoms with Gasteiger partial charge in [0.2, 0.25) is 5.91 Å². The fourth-order valence-corrected chi connectivity index (χ4v) is 3.79. The number of fused-ring (bicyclic) bond motifs is 1. The van der Waals surface area contributed by atoms with Gasteiger partial charge in [0.25, 0.3) is 0 Å². The molecule has 0 unspecified atom stereocenters. The summed E-state index contributed by atoms with van der Waals surface area (Å²) < 4.78 is 0. The van der Waals surface area contributed by atoms with Gasteiger partial charge in [-0.25, -0.2) is 0 Å². The monoisotopic (exact) mass is 307 g/mol. The van der Waals surface area contributed by atoms with Gasteiger partial charge in [0, 0.05) is 24.4 Å². The second-order valence-corrected chi connectivity index (χ2v) is 6.46. The number of amides is 1.